The maximum atomic E-state index is 9.62. The molecule has 0 saturated heterocycles. The summed E-state index contributed by atoms with van der Waals surface area (Å²) >= 11 is 6.07. The van der Waals surface area contributed by atoms with E-state index >= 15 is 0 Å². The average Bonchev–Trinajstić information content (AvgIpc) is 3.27. The Kier molecular flexibility index (Phi) is 4.39. The number of benzene rings is 1. The van der Waals surface area contributed by atoms with Crippen molar-refractivity contribution >= 4 is 18.3 Å². The topological polar surface area (TPSA) is 65.4 Å². The molecule has 1 aromatic heterocycles. The molecule has 1 aliphatic carbocycles. The van der Waals surface area contributed by atoms with Crippen molar-refractivity contribution < 1.29 is 0 Å². The van der Waals surface area contributed by atoms with E-state index in [2.05, 4.69) is 12.0 Å². The van der Waals surface area contributed by atoms with Crippen LogP contribution in [0.15, 0.2) is 24.3 Å². The molecule has 0 amide bonds. The Morgan fingerprint density at radius 3 is 2.62 bits per heavy atom. The van der Waals surface area contributed by atoms with E-state index in [0.717, 1.165) is 30.4 Å². The van der Waals surface area contributed by atoms with Gasteiger partial charge in [-0.05, 0) is 37.6 Å². The predicted octanol–water partition coefficient (Wildman–Crippen LogP) is 4.24. The van der Waals surface area contributed by atoms with Gasteiger partial charge in [0.25, 0.3) is 6.71 Å². The second-order valence-corrected chi connectivity index (χ2v) is 6.60. The summed E-state index contributed by atoms with van der Waals surface area (Å²) in [6.07, 6.45) is 3.53. The van der Waals surface area contributed by atoms with Crippen LogP contribution in [0.4, 0.5) is 0 Å². The van der Waals surface area contributed by atoms with Crippen molar-refractivity contribution in [2.45, 2.75) is 44.9 Å². The molecule has 0 N–H and O–H groups in total. The van der Waals surface area contributed by atoms with Crippen LogP contribution < -0.4 is 0 Å². The van der Waals surface area contributed by atoms with E-state index in [4.69, 9.17) is 16.7 Å². The van der Waals surface area contributed by atoms with Crippen LogP contribution in [0.5, 0.6) is 0 Å². The number of hydrogen-bond acceptors (Lipinski definition) is 3. The zero-order valence-electron chi connectivity index (χ0n) is 13.9. The third-order valence-corrected chi connectivity index (χ3v) is 4.95. The number of fused-ring (bicyclic) bond motifs is 2. The van der Waals surface area contributed by atoms with Gasteiger partial charge in [0.2, 0.25) is 0 Å². The second kappa shape index (κ2) is 6.34. The van der Waals surface area contributed by atoms with Crippen LogP contribution in [0, 0.1) is 22.6 Å². The fourth-order valence-electron chi connectivity index (χ4n) is 3.49. The molecular formula is C18H18BClN4. The molecule has 0 radical (unpaired) electrons. The lowest BCUT2D eigenvalue weighted by atomic mass is 9.42. The lowest BCUT2D eigenvalue weighted by molar-refractivity contribution is 0.444. The molecule has 120 valence electrons. The van der Waals surface area contributed by atoms with Gasteiger partial charge in [0.05, 0.1) is 11.2 Å². The predicted molar refractivity (Wildman–Crippen MR) is 95.8 cm³/mol. The van der Waals surface area contributed by atoms with Gasteiger partial charge in [0.15, 0.2) is 0 Å². The van der Waals surface area contributed by atoms with E-state index in [0.29, 0.717) is 22.6 Å². The van der Waals surface area contributed by atoms with E-state index in [1.807, 2.05) is 36.7 Å². The number of halogens is 1. The Bertz CT molecular complexity index is 855. The van der Waals surface area contributed by atoms with Crippen molar-refractivity contribution in [1.29, 1.82) is 10.5 Å². The van der Waals surface area contributed by atoms with Crippen LogP contribution in [-0.4, -0.2) is 16.5 Å². The van der Waals surface area contributed by atoms with Gasteiger partial charge in [-0.1, -0.05) is 37.6 Å². The van der Waals surface area contributed by atoms with E-state index in [1.165, 1.54) is 0 Å². The first-order valence-corrected chi connectivity index (χ1v) is 8.73. The van der Waals surface area contributed by atoms with Crippen LogP contribution in [0.1, 0.15) is 37.9 Å². The highest BCUT2D eigenvalue weighted by Crippen LogP contribution is 2.51. The first-order chi connectivity index (χ1) is 11.7. The van der Waals surface area contributed by atoms with Gasteiger partial charge in [-0.3, -0.25) is 4.68 Å². The molecule has 0 atom stereocenters. The summed E-state index contributed by atoms with van der Waals surface area (Å²) in [5.74, 6) is 2.38. The van der Waals surface area contributed by atoms with Crippen molar-refractivity contribution in [1.82, 2.24) is 9.78 Å². The number of nitriles is 2. The summed E-state index contributed by atoms with van der Waals surface area (Å²) in [4.78, 5) is 0. The Hall–Kier alpha value is -2.24. The van der Waals surface area contributed by atoms with Gasteiger partial charge in [-0.2, -0.15) is 10.4 Å². The largest absolute Gasteiger partial charge is 0.276 e. The molecule has 2 aromatic rings. The van der Waals surface area contributed by atoms with Crippen LogP contribution in [0.2, 0.25) is 11.3 Å². The van der Waals surface area contributed by atoms with Gasteiger partial charge in [-0.25, -0.2) is 5.26 Å². The summed E-state index contributed by atoms with van der Waals surface area (Å²) in [6, 6.07) is 9.72. The van der Waals surface area contributed by atoms with Gasteiger partial charge < -0.3 is 0 Å². The molecule has 1 aromatic carbocycles. The molecule has 24 heavy (non-hydrogen) atoms. The van der Waals surface area contributed by atoms with Crippen LogP contribution in [0.25, 0.3) is 11.3 Å². The molecule has 6 heteroatoms. The maximum Gasteiger partial charge on any atom is 0.276 e. The third-order valence-electron chi connectivity index (χ3n) is 4.72. The first kappa shape index (κ1) is 16.6. The summed E-state index contributed by atoms with van der Waals surface area (Å²) in [6.45, 7) is 3.98. The molecule has 0 bridgehead atoms. The lowest BCUT2D eigenvalue weighted by Gasteiger charge is -2.25. The molecule has 4 nitrogen and oxygen atoms in total. The van der Waals surface area contributed by atoms with E-state index < -0.39 is 0 Å². The molecule has 2 heterocycles. The highest BCUT2D eigenvalue weighted by Gasteiger charge is 2.52. The molecule has 4 rings (SSSR count). The minimum Gasteiger partial charge on any atom is -0.263 e. The number of rotatable bonds is 1. The monoisotopic (exact) mass is 336 g/mol. The zero-order chi connectivity index (χ0) is 17.3. The molecule has 1 aliphatic heterocycles. The number of hydrogen-bond donors (Lipinski definition) is 0. The Morgan fingerprint density at radius 1 is 1.29 bits per heavy atom. The minimum absolute atomic E-state index is 0.0222. The standard InChI is InChI=1S/C16H12BClN4.C2H6/c18-12-3-1-2-11(6-12)15-13(8-19)14-7-17(10-20)9-16(4-5-16)22(14)21-15;1-2/h1-3,6H,4-5,7,9H2;1-2H3. The summed E-state index contributed by atoms with van der Waals surface area (Å²) < 4.78 is 2.02. The Balaban J connectivity index is 0.000000815. The van der Waals surface area contributed by atoms with Crippen molar-refractivity contribution in [3.8, 4) is 23.3 Å². The summed E-state index contributed by atoms with van der Waals surface area (Å²) in [5, 5.41) is 24.3. The summed E-state index contributed by atoms with van der Waals surface area (Å²) in [5.41, 5.74) is 3.01. The minimum atomic E-state index is -0.0313. The molecule has 2 aliphatic rings. The lowest BCUT2D eigenvalue weighted by Crippen LogP contribution is -2.35. The highest BCUT2D eigenvalue weighted by atomic mass is 35.5. The quantitative estimate of drug-likeness (QED) is 0.731. The zero-order valence-corrected chi connectivity index (χ0v) is 14.6. The Labute approximate surface area is 147 Å². The maximum absolute atomic E-state index is 9.62. The molecular weight excluding hydrogens is 318 g/mol. The van der Waals surface area contributed by atoms with Crippen LogP contribution >= 0.6 is 11.6 Å². The molecule has 1 spiro atoms. The van der Waals surface area contributed by atoms with E-state index in [-0.39, 0.29) is 12.3 Å². The van der Waals surface area contributed by atoms with Crippen molar-refractivity contribution in [2.75, 3.05) is 0 Å². The summed E-state index contributed by atoms with van der Waals surface area (Å²) in [7, 11) is 0. The fraction of sp³-hybridized carbons (Fsp3) is 0.389. The first-order valence-electron chi connectivity index (χ1n) is 8.35. The Morgan fingerprint density at radius 2 is 2.04 bits per heavy atom. The third kappa shape index (κ3) is 2.60. The molecule has 1 fully saturated rings. The number of aromatic nitrogens is 2. The van der Waals surface area contributed by atoms with Gasteiger partial charge >= 0.3 is 0 Å². The van der Waals surface area contributed by atoms with E-state index in [1.54, 1.807) is 6.07 Å². The van der Waals surface area contributed by atoms with E-state index in [9.17, 15) is 10.5 Å². The van der Waals surface area contributed by atoms with Gasteiger partial charge in [-0.15, -0.1) is 0 Å². The second-order valence-electron chi connectivity index (χ2n) is 6.16. The molecule has 0 unspecified atom stereocenters. The van der Waals surface area contributed by atoms with Crippen LogP contribution in [-0.2, 0) is 11.9 Å². The molecule has 1 saturated carbocycles. The van der Waals surface area contributed by atoms with Crippen molar-refractivity contribution in [3.63, 3.8) is 0 Å². The van der Waals surface area contributed by atoms with Gasteiger partial charge in [0, 0.05) is 16.6 Å². The average molecular weight is 337 g/mol. The highest BCUT2D eigenvalue weighted by molar-refractivity contribution is 6.66. The smallest absolute Gasteiger partial charge is 0.263 e. The normalized spacial score (nSPS) is 16.5. The van der Waals surface area contributed by atoms with Crippen molar-refractivity contribution in [2.24, 2.45) is 0 Å². The number of nitrogens with zero attached hydrogens (tertiary/aromatic N) is 4. The van der Waals surface area contributed by atoms with Crippen molar-refractivity contribution in [3.05, 3.63) is 40.5 Å². The van der Waals surface area contributed by atoms with Gasteiger partial charge in [0.1, 0.15) is 17.3 Å². The fourth-order valence-corrected chi connectivity index (χ4v) is 3.68. The SMILES string of the molecule is CC.N#CB1Cc2c(C#N)c(-c3cccc(Cl)c3)nn2C2(CC2)C1. The van der Waals surface area contributed by atoms with Crippen LogP contribution in [0.3, 0.4) is 0 Å².